The van der Waals surface area contributed by atoms with E-state index in [9.17, 15) is 0 Å². The Hall–Kier alpha value is -3.07. The molecule has 0 aliphatic heterocycles. The van der Waals surface area contributed by atoms with E-state index >= 15 is 0 Å². The van der Waals surface area contributed by atoms with Crippen LogP contribution in [0.25, 0.3) is 11.3 Å². The standard InChI is InChI=1S/C26H32N6OS/c1-18(2)34-22-11-9-20(10-12-22)23-16-30-17-24(31-23)26(28)33-25(27)21-7-5-19(6-8-21)15-29-13-14-32(3)4/h5-12,16-18,27-29H,13-15H2,1-4H3. The Morgan fingerprint density at radius 2 is 1.71 bits per heavy atom. The van der Waals surface area contributed by atoms with Gasteiger partial charge in [0.2, 0.25) is 11.8 Å². The molecule has 7 nitrogen and oxygen atoms in total. The van der Waals surface area contributed by atoms with Gasteiger partial charge in [-0.25, -0.2) is 4.98 Å². The van der Waals surface area contributed by atoms with E-state index in [0.29, 0.717) is 16.5 Å². The van der Waals surface area contributed by atoms with Crippen molar-refractivity contribution in [2.75, 3.05) is 27.2 Å². The van der Waals surface area contributed by atoms with Crippen molar-refractivity contribution >= 4 is 23.6 Å². The van der Waals surface area contributed by atoms with Crippen LogP contribution in [-0.2, 0) is 11.3 Å². The van der Waals surface area contributed by atoms with Crippen molar-refractivity contribution in [2.45, 2.75) is 30.5 Å². The number of nitrogens with zero attached hydrogens (tertiary/aromatic N) is 3. The van der Waals surface area contributed by atoms with E-state index in [2.05, 4.69) is 46.2 Å². The van der Waals surface area contributed by atoms with Gasteiger partial charge in [0.05, 0.1) is 18.1 Å². The van der Waals surface area contributed by atoms with E-state index in [1.165, 1.54) is 11.1 Å². The summed E-state index contributed by atoms with van der Waals surface area (Å²) in [6.07, 6.45) is 3.14. The molecule has 3 N–H and O–H groups in total. The molecule has 0 bridgehead atoms. The third kappa shape index (κ3) is 7.76. The fraction of sp³-hybridized carbons (Fsp3) is 0.308. The van der Waals surface area contributed by atoms with Crippen molar-refractivity contribution in [1.29, 1.82) is 10.8 Å². The number of aromatic nitrogens is 2. The fourth-order valence-electron chi connectivity index (χ4n) is 3.11. The molecule has 0 atom stereocenters. The van der Waals surface area contributed by atoms with E-state index in [-0.39, 0.29) is 17.5 Å². The molecule has 0 saturated carbocycles. The van der Waals surface area contributed by atoms with Crippen molar-refractivity contribution in [3.05, 3.63) is 77.7 Å². The molecule has 0 unspecified atom stereocenters. The number of likely N-dealkylation sites (N-methyl/N-ethyl adjacent to an activating group) is 1. The Bertz CT molecular complexity index is 1100. The molecular weight excluding hydrogens is 444 g/mol. The van der Waals surface area contributed by atoms with Crippen LogP contribution >= 0.6 is 11.8 Å². The van der Waals surface area contributed by atoms with Gasteiger partial charge in [0.1, 0.15) is 5.69 Å². The van der Waals surface area contributed by atoms with Gasteiger partial charge in [0.15, 0.2) is 0 Å². The molecule has 8 heteroatoms. The molecule has 1 aromatic heterocycles. The predicted molar refractivity (Wildman–Crippen MR) is 140 cm³/mol. The number of ether oxygens (including phenoxy) is 1. The molecule has 0 saturated heterocycles. The number of nitrogens with one attached hydrogen (secondary N) is 3. The fourth-order valence-corrected chi connectivity index (χ4v) is 3.95. The Morgan fingerprint density at radius 3 is 2.35 bits per heavy atom. The molecular formula is C26H32N6OS. The highest BCUT2D eigenvalue weighted by Crippen LogP contribution is 2.25. The first kappa shape index (κ1) is 25.6. The third-order valence-electron chi connectivity index (χ3n) is 4.87. The lowest BCUT2D eigenvalue weighted by Gasteiger charge is -2.11. The molecule has 178 valence electrons. The van der Waals surface area contributed by atoms with Crippen molar-refractivity contribution in [3.8, 4) is 11.3 Å². The van der Waals surface area contributed by atoms with E-state index in [1.54, 1.807) is 18.0 Å². The second-order valence-electron chi connectivity index (χ2n) is 8.42. The first-order valence-electron chi connectivity index (χ1n) is 11.2. The van der Waals surface area contributed by atoms with Crippen LogP contribution in [0.15, 0.2) is 65.8 Å². The maximum Gasteiger partial charge on any atom is 0.241 e. The van der Waals surface area contributed by atoms with Gasteiger partial charge in [-0.15, -0.1) is 11.8 Å². The van der Waals surface area contributed by atoms with Gasteiger partial charge in [-0.2, -0.15) is 0 Å². The van der Waals surface area contributed by atoms with Gasteiger partial charge >= 0.3 is 0 Å². The minimum Gasteiger partial charge on any atom is -0.419 e. The average molecular weight is 477 g/mol. The average Bonchev–Trinajstić information content (AvgIpc) is 2.82. The van der Waals surface area contributed by atoms with E-state index in [0.717, 1.165) is 30.8 Å². The third-order valence-corrected chi connectivity index (χ3v) is 5.89. The van der Waals surface area contributed by atoms with Crippen LogP contribution in [-0.4, -0.2) is 59.1 Å². The molecule has 0 amide bonds. The summed E-state index contributed by atoms with van der Waals surface area (Å²) in [6, 6.07) is 15.7. The highest BCUT2D eigenvalue weighted by molar-refractivity contribution is 7.99. The summed E-state index contributed by atoms with van der Waals surface area (Å²) in [5.74, 6) is -0.305. The summed E-state index contributed by atoms with van der Waals surface area (Å²) in [5, 5.41) is 20.4. The normalized spacial score (nSPS) is 11.1. The smallest absolute Gasteiger partial charge is 0.241 e. The quantitative estimate of drug-likeness (QED) is 0.170. The molecule has 3 aromatic rings. The molecule has 0 aliphatic carbocycles. The van der Waals surface area contributed by atoms with Crippen LogP contribution in [0.3, 0.4) is 0 Å². The first-order chi connectivity index (χ1) is 16.3. The molecule has 34 heavy (non-hydrogen) atoms. The monoisotopic (exact) mass is 476 g/mol. The van der Waals surface area contributed by atoms with Crippen LogP contribution in [0.5, 0.6) is 0 Å². The van der Waals surface area contributed by atoms with Gasteiger partial charge in [0.25, 0.3) is 0 Å². The van der Waals surface area contributed by atoms with Crippen LogP contribution in [0.1, 0.15) is 30.7 Å². The maximum atomic E-state index is 8.29. The zero-order valence-corrected chi connectivity index (χ0v) is 20.9. The Labute approximate surface area is 206 Å². The first-order valence-corrected chi connectivity index (χ1v) is 12.1. The molecule has 0 radical (unpaired) electrons. The number of hydrogen-bond acceptors (Lipinski definition) is 8. The summed E-state index contributed by atoms with van der Waals surface area (Å²) in [7, 11) is 4.09. The maximum absolute atomic E-state index is 8.29. The lowest BCUT2D eigenvalue weighted by molar-refractivity contribution is 0.400. The minimum atomic E-state index is -0.208. The second kappa shape index (κ2) is 12.4. The van der Waals surface area contributed by atoms with Crippen LogP contribution in [0.2, 0.25) is 0 Å². The summed E-state index contributed by atoms with van der Waals surface area (Å²) in [4.78, 5) is 12.1. The number of benzene rings is 2. The SMILES string of the molecule is CC(C)Sc1ccc(-c2cncc(C(=N)OC(=N)c3ccc(CNCCN(C)C)cc3)n2)cc1. The topological polar surface area (TPSA) is 98.0 Å². The Morgan fingerprint density at radius 1 is 1.00 bits per heavy atom. The van der Waals surface area contributed by atoms with E-state index < -0.39 is 0 Å². The molecule has 1 heterocycles. The van der Waals surface area contributed by atoms with Crippen LogP contribution in [0, 0.1) is 10.8 Å². The van der Waals surface area contributed by atoms with Crippen molar-refractivity contribution in [1.82, 2.24) is 20.2 Å². The molecule has 2 aromatic carbocycles. The van der Waals surface area contributed by atoms with Gasteiger partial charge < -0.3 is 15.0 Å². The van der Waals surface area contributed by atoms with E-state index in [4.69, 9.17) is 15.6 Å². The van der Waals surface area contributed by atoms with E-state index in [1.807, 2.05) is 50.5 Å². The lowest BCUT2D eigenvalue weighted by atomic mass is 10.1. The van der Waals surface area contributed by atoms with Gasteiger partial charge in [-0.3, -0.25) is 15.8 Å². The highest BCUT2D eigenvalue weighted by atomic mass is 32.2. The molecule has 3 rings (SSSR count). The summed E-state index contributed by atoms with van der Waals surface area (Å²) in [5.41, 5.74) is 3.58. The minimum absolute atomic E-state index is 0.0978. The Kier molecular flexibility index (Phi) is 9.33. The Balaban J connectivity index is 1.59. The summed E-state index contributed by atoms with van der Waals surface area (Å²) in [6.45, 7) is 6.97. The van der Waals surface area contributed by atoms with Gasteiger partial charge in [-0.1, -0.05) is 38.1 Å². The van der Waals surface area contributed by atoms with Gasteiger partial charge in [0, 0.05) is 40.9 Å². The number of hydrogen-bond donors (Lipinski definition) is 3. The number of rotatable bonds is 10. The zero-order chi connectivity index (χ0) is 24.5. The largest absolute Gasteiger partial charge is 0.419 e. The summed E-state index contributed by atoms with van der Waals surface area (Å²) >= 11 is 1.80. The van der Waals surface area contributed by atoms with Gasteiger partial charge in [-0.05, 0) is 43.9 Å². The lowest BCUT2D eigenvalue weighted by Crippen LogP contribution is -2.26. The predicted octanol–water partition coefficient (Wildman–Crippen LogP) is 4.66. The molecule has 0 spiro atoms. The molecule has 0 fully saturated rings. The highest BCUT2D eigenvalue weighted by Gasteiger charge is 2.12. The van der Waals surface area contributed by atoms with Crippen molar-refractivity contribution in [3.63, 3.8) is 0 Å². The zero-order valence-electron chi connectivity index (χ0n) is 20.1. The van der Waals surface area contributed by atoms with Crippen LogP contribution in [0.4, 0.5) is 0 Å². The number of thioether (sulfide) groups is 1. The van der Waals surface area contributed by atoms with Crippen LogP contribution < -0.4 is 5.32 Å². The van der Waals surface area contributed by atoms with Crippen molar-refractivity contribution < 1.29 is 4.74 Å². The summed E-state index contributed by atoms with van der Waals surface area (Å²) < 4.78 is 5.48. The van der Waals surface area contributed by atoms with Crippen molar-refractivity contribution in [2.24, 2.45) is 0 Å². The second-order valence-corrected chi connectivity index (χ2v) is 10.1. The molecule has 0 aliphatic rings.